The van der Waals surface area contributed by atoms with Crippen LogP contribution in [-0.2, 0) is 22.6 Å². The molecule has 3 rings (SSSR count). The van der Waals surface area contributed by atoms with Gasteiger partial charge in [-0.3, -0.25) is 9.69 Å². The molecule has 1 saturated carbocycles. The van der Waals surface area contributed by atoms with E-state index in [-0.39, 0.29) is 5.97 Å². The Kier molecular flexibility index (Phi) is 5.77. The Morgan fingerprint density at radius 3 is 1.92 bits per heavy atom. The first kappa shape index (κ1) is 18.7. The summed E-state index contributed by atoms with van der Waals surface area (Å²) in [5, 5.41) is 0. The first-order chi connectivity index (χ1) is 12.4. The van der Waals surface area contributed by atoms with E-state index < -0.39 is 5.60 Å². The molecule has 1 aliphatic carbocycles. The fraction of sp³-hybridized carbons (Fsp3) is 0.435. The van der Waals surface area contributed by atoms with Crippen molar-refractivity contribution >= 4 is 5.97 Å². The van der Waals surface area contributed by atoms with Crippen molar-refractivity contribution in [2.24, 2.45) is 5.92 Å². The first-order valence-electron chi connectivity index (χ1n) is 9.44. The van der Waals surface area contributed by atoms with Crippen LogP contribution in [0.3, 0.4) is 0 Å². The Labute approximate surface area is 157 Å². The summed E-state index contributed by atoms with van der Waals surface area (Å²) in [6.07, 6.45) is 1.58. The van der Waals surface area contributed by atoms with E-state index in [0.717, 1.165) is 19.5 Å². The number of hydrogen-bond donors (Lipinski definition) is 0. The normalized spacial score (nSPS) is 19.4. The number of carbonyl (C=O) groups excluding carboxylic acids is 1. The zero-order valence-electron chi connectivity index (χ0n) is 16.0. The highest BCUT2D eigenvalue weighted by atomic mass is 16.6. The van der Waals surface area contributed by atoms with E-state index in [2.05, 4.69) is 53.4 Å². The number of rotatable bonds is 7. The van der Waals surface area contributed by atoms with Gasteiger partial charge in [0.15, 0.2) is 0 Å². The lowest BCUT2D eigenvalue weighted by atomic mass is 10.1. The molecule has 2 aromatic carbocycles. The zero-order chi connectivity index (χ0) is 18.6. The molecular formula is C23H29NO2. The fourth-order valence-corrected chi connectivity index (χ4v) is 3.42. The third-order valence-electron chi connectivity index (χ3n) is 4.66. The molecule has 138 valence electrons. The van der Waals surface area contributed by atoms with E-state index in [1.54, 1.807) is 0 Å². The van der Waals surface area contributed by atoms with Gasteiger partial charge >= 0.3 is 5.97 Å². The topological polar surface area (TPSA) is 29.5 Å². The third kappa shape index (κ3) is 5.70. The van der Waals surface area contributed by atoms with Gasteiger partial charge in [-0.1, -0.05) is 60.7 Å². The van der Waals surface area contributed by atoms with Crippen LogP contribution in [0.4, 0.5) is 0 Å². The molecule has 3 heteroatoms. The van der Waals surface area contributed by atoms with Gasteiger partial charge < -0.3 is 4.74 Å². The smallest absolute Gasteiger partial charge is 0.306 e. The molecule has 1 fully saturated rings. The average molecular weight is 351 g/mol. The summed E-state index contributed by atoms with van der Waals surface area (Å²) in [5.41, 5.74) is 2.22. The Morgan fingerprint density at radius 2 is 1.46 bits per heavy atom. The second-order valence-corrected chi connectivity index (χ2v) is 8.23. The minimum atomic E-state index is -0.408. The van der Waals surface area contributed by atoms with Crippen molar-refractivity contribution in [1.29, 1.82) is 0 Å². The predicted molar refractivity (Wildman–Crippen MR) is 104 cm³/mol. The molecule has 0 heterocycles. The Morgan fingerprint density at radius 1 is 0.962 bits per heavy atom. The lowest BCUT2D eigenvalue weighted by molar-refractivity contribution is -0.155. The van der Waals surface area contributed by atoms with Gasteiger partial charge in [0.25, 0.3) is 0 Å². The molecule has 26 heavy (non-hydrogen) atoms. The molecule has 2 atom stereocenters. The van der Waals surface area contributed by atoms with Crippen LogP contribution < -0.4 is 0 Å². The van der Waals surface area contributed by atoms with E-state index in [1.165, 1.54) is 11.1 Å². The number of hydrogen-bond acceptors (Lipinski definition) is 3. The Bertz CT molecular complexity index is 664. The Hall–Kier alpha value is -2.13. The van der Waals surface area contributed by atoms with Crippen molar-refractivity contribution in [1.82, 2.24) is 4.90 Å². The lowest BCUT2D eigenvalue weighted by Crippen LogP contribution is -2.28. The molecule has 0 aliphatic heterocycles. The highest BCUT2D eigenvalue weighted by Gasteiger charge is 2.43. The van der Waals surface area contributed by atoms with Crippen LogP contribution in [-0.4, -0.2) is 22.5 Å². The summed E-state index contributed by atoms with van der Waals surface area (Å²) in [6, 6.07) is 21.6. The molecule has 0 saturated heterocycles. The maximum atomic E-state index is 12.2. The van der Waals surface area contributed by atoms with E-state index >= 15 is 0 Å². The molecule has 0 aromatic heterocycles. The third-order valence-corrected chi connectivity index (χ3v) is 4.66. The molecule has 0 radical (unpaired) electrons. The largest absolute Gasteiger partial charge is 0.460 e. The fourth-order valence-electron chi connectivity index (χ4n) is 3.42. The van der Waals surface area contributed by atoms with Crippen LogP contribution in [0.5, 0.6) is 0 Å². The quantitative estimate of drug-likeness (QED) is 0.671. The minimum absolute atomic E-state index is 0.0793. The first-order valence-corrected chi connectivity index (χ1v) is 9.44. The van der Waals surface area contributed by atoms with Crippen molar-refractivity contribution in [3.63, 3.8) is 0 Å². The van der Waals surface area contributed by atoms with E-state index in [1.807, 2.05) is 32.9 Å². The standard InChI is InChI=1S/C23H29NO2/c1-23(2,3)26-22(25)15-20-14-21(20)24(16-18-10-6-4-7-11-18)17-19-12-8-5-9-13-19/h4-13,20-21H,14-17H2,1-3H3/t20-,21-/m0/s1. The highest BCUT2D eigenvalue weighted by Crippen LogP contribution is 2.40. The van der Waals surface area contributed by atoms with Gasteiger partial charge in [0, 0.05) is 25.6 Å². The molecule has 2 aromatic rings. The van der Waals surface area contributed by atoms with Crippen LogP contribution >= 0.6 is 0 Å². The number of esters is 1. The van der Waals surface area contributed by atoms with Gasteiger partial charge in [-0.05, 0) is 44.2 Å². The van der Waals surface area contributed by atoms with Crippen molar-refractivity contribution in [3.05, 3.63) is 71.8 Å². The Balaban J connectivity index is 1.63. The molecule has 3 nitrogen and oxygen atoms in total. The summed E-state index contributed by atoms with van der Waals surface area (Å²) < 4.78 is 5.50. The molecular weight excluding hydrogens is 322 g/mol. The molecule has 0 spiro atoms. The van der Waals surface area contributed by atoms with Gasteiger partial charge in [-0.2, -0.15) is 0 Å². The number of nitrogens with zero attached hydrogens (tertiary/aromatic N) is 1. The monoisotopic (exact) mass is 351 g/mol. The second-order valence-electron chi connectivity index (χ2n) is 8.23. The maximum Gasteiger partial charge on any atom is 0.306 e. The van der Waals surface area contributed by atoms with Crippen molar-refractivity contribution < 1.29 is 9.53 Å². The van der Waals surface area contributed by atoms with Gasteiger partial charge in [-0.25, -0.2) is 0 Å². The predicted octanol–water partition coefficient (Wildman–Crippen LogP) is 4.81. The molecule has 0 amide bonds. The molecule has 1 aliphatic rings. The van der Waals surface area contributed by atoms with E-state index in [9.17, 15) is 4.79 Å². The number of ether oxygens (including phenoxy) is 1. The van der Waals surface area contributed by atoms with Crippen molar-refractivity contribution in [3.8, 4) is 0 Å². The van der Waals surface area contributed by atoms with Gasteiger partial charge in [0.05, 0.1) is 0 Å². The summed E-state index contributed by atoms with van der Waals surface area (Å²) in [4.78, 5) is 14.7. The van der Waals surface area contributed by atoms with Gasteiger partial charge in [-0.15, -0.1) is 0 Å². The summed E-state index contributed by atoms with van der Waals surface area (Å²) in [5.74, 6) is 0.321. The zero-order valence-corrected chi connectivity index (χ0v) is 16.0. The van der Waals surface area contributed by atoms with Crippen LogP contribution in [0.2, 0.25) is 0 Å². The molecule has 0 N–H and O–H groups in total. The van der Waals surface area contributed by atoms with E-state index in [4.69, 9.17) is 4.74 Å². The second kappa shape index (κ2) is 8.05. The summed E-state index contributed by atoms with van der Waals surface area (Å²) in [7, 11) is 0. The van der Waals surface area contributed by atoms with Crippen LogP contribution in [0.1, 0.15) is 44.7 Å². The number of benzene rings is 2. The SMILES string of the molecule is CC(C)(C)OC(=O)C[C@@H]1C[C@@H]1N(Cc1ccccc1)Cc1ccccc1. The maximum absolute atomic E-state index is 12.2. The van der Waals surface area contributed by atoms with Crippen molar-refractivity contribution in [2.75, 3.05) is 0 Å². The van der Waals surface area contributed by atoms with Crippen LogP contribution in [0.25, 0.3) is 0 Å². The highest BCUT2D eigenvalue weighted by molar-refractivity contribution is 5.70. The lowest BCUT2D eigenvalue weighted by Gasteiger charge is -2.24. The molecule has 0 unspecified atom stereocenters. The number of carbonyl (C=O) groups is 1. The average Bonchev–Trinajstić information content (AvgIpc) is 3.33. The summed E-state index contributed by atoms with van der Waals surface area (Å²) in [6.45, 7) is 7.58. The molecule has 0 bridgehead atoms. The summed E-state index contributed by atoms with van der Waals surface area (Å²) >= 11 is 0. The van der Waals surface area contributed by atoms with E-state index in [0.29, 0.717) is 18.4 Å². The van der Waals surface area contributed by atoms with Crippen molar-refractivity contribution in [2.45, 2.75) is 58.3 Å². The van der Waals surface area contributed by atoms with Crippen LogP contribution in [0.15, 0.2) is 60.7 Å². The van der Waals surface area contributed by atoms with Crippen LogP contribution in [0, 0.1) is 5.92 Å². The minimum Gasteiger partial charge on any atom is -0.460 e. The van der Waals surface area contributed by atoms with Gasteiger partial charge in [0.2, 0.25) is 0 Å². The van der Waals surface area contributed by atoms with Gasteiger partial charge in [0.1, 0.15) is 5.60 Å².